The van der Waals surface area contributed by atoms with Crippen molar-refractivity contribution < 1.29 is 4.74 Å². The normalized spacial score (nSPS) is 11.5. The zero-order chi connectivity index (χ0) is 15.6. The highest BCUT2D eigenvalue weighted by Gasteiger charge is 2.19. The van der Waals surface area contributed by atoms with Crippen molar-refractivity contribution in [3.8, 4) is 11.5 Å². The highest BCUT2D eigenvalue weighted by molar-refractivity contribution is 6.17. The van der Waals surface area contributed by atoms with Gasteiger partial charge in [0.05, 0.1) is 0 Å². The van der Waals surface area contributed by atoms with E-state index in [1.54, 1.807) is 0 Å². The molecule has 0 atom stereocenters. The van der Waals surface area contributed by atoms with Gasteiger partial charge in [0.1, 0.15) is 11.5 Å². The van der Waals surface area contributed by atoms with Gasteiger partial charge in [-0.15, -0.1) is 11.6 Å². The number of rotatable bonds is 3. The molecule has 112 valence electrons. The maximum atomic E-state index is 6.23. The molecule has 0 saturated carbocycles. The summed E-state index contributed by atoms with van der Waals surface area (Å²) in [5.41, 5.74) is 4.64. The summed E-state index contributed by atoms with van der Waals surface area (Å²) in [7, 11) is 0. The van der Waals surface area contributed by atoms with Gasteiger partial charge >= 0.3 is 0 Å². The second kappa shape index (κ2) is 6.11. The van der Waals surface area contributed by atoms with E-state index in [4.69, 9.17) is 16.3 Å². The molecule has 0 spiro atoms. The first-order chi connectivity index (χ1) is 9.81. The van der Waals surface area contributed by atoms with Gasteiger partial charge in [-0.05, 0) is 48.1 Å². The third-order valence-electron chi connectivity index (χ3n) is 3.57. The Morgan fingerprint density at radius 1 is 0.952 bits per heavy atom. The van der Waals surface area contributed by atoms with E-state index in [2.05, 4.69) is 58.9 Å². The molecule has 2 rings (SSSR count). The summed E-state index contributed by atoms with van der Waals surface area (Å²) in [5, 5.41) is 0. The van der Waals surface area contributed by atoms with E-state index in [9.17, 15) is 0 Å². The van der Waals surface area contributed by atoms with Gasteiger partial charge in [0.15, 0.2) is 0 Å². The van der Waals surface area contributed by atoms with E-state index in [-0.39, 0.29) is 5.41 Å². The first-order valence-electron chi connectivity index (χ1n) is 7.26. The molecule has 0 fully saturated rings. The van der Waals surface area contributed by atoms with E-state index in [1.165, 1.54) is 11.1 Å². The maximum Gasteiger partial charge on any atom is 0.131 e. The van der Waals surface area contributed by atoms with Crippen LogP contribution in [0.15, 0.2) is 36.4 Å². The lowest BCUT2D eigenvalue weighted by molar-refractivity contribution is 0.451. The van der Waals surface area contributed by atoms with Crippen molar-refractivity contribution in [1.29, 1.82) is 0 Å². The summed E-state index contributed by atoms with van der Waals surface area (Å²) in [4.78, 5) is 0. The minimum absolute atomic E-state index is 0.0427. The van der Waals surface area contributed by atoms with E-state index in [0.717, 1.165) is 22.6 Å². The fourth-order valence-electron chi connectivity index (χ4n) is 2.29. The van der Waals surface area contributed by atoms with E-state index in [0.29, 0.717) is 5.88 Å². The molecule has 0 aliphatic heterocycles. The predicted molar refractivity (Wildman–Crippen MR) is 90.7 cm³/mol. The number of halogens is 1. The maximum absolute atomic E-state index is 6.23. The summed E-state index contributed by atoms with van der Waals surface area (Å²) in [6, 6.07) is 12.5. The molecule has 2 aromatic rings. The van der Waals surface area contributed by atoms with Crippen LogP contribution in [-0.4, -0.2) is 0 Å². The predicted octanol–water partition coefficient (Wildman–Crippen LogP) is 6.13. The first kappa shape index (κ1) is 15.9. The lowest BCUT2D eigenvalue weighted by Gasteiger charge is -2.23. The van der Waals surface area contributed by atoms with Crippen molar-refractivity contribution in [2.45, 2.75) is 45.9 Å². The van der Waals surface area contributed by atoms with Gasteiger partial charge in [-0.25, -0.2) is 0 Å². The van der Waals surface area contributed by atoms with E-state index < -0.39 is 0 Å². The summed E-state index contributed by atoms with van der Waals surface area (Å²) in [6.07, 6.45) is 0. The van der Waals surface area contributed by atoms with Crippen LogP contribution in [0.2, 0.25) is 0 Å². The van der Waals surface area contributed by atoms with Crippen molar-refractivity contribution in [1.82, 2.24) is 0 Å². The molecule has 0 aliphatic carbocycles. The fraction of sp³-hybridized carbons (Fsp3) is 0.368. The Bertz CT molecular complexity index is 638. The van der Waals surface area contributed by atoms with E-state index in [1.807, 2.05) is 12.1 Å². The molecule has 2 heteroatoms. The molecular formula is C19H23ClO. The van der Waals surface area contributed by atoms with Gasteiger partial charge in [-0.2, -0.15) is 0 Å². The molecule has 0 aromatic heterocycles. The average molecular weight is 303 g/mol. The minimum atomic E-state index is 0.0427. The van der Waals surface area contributed by atoms with Crippen LogP contribution in [0, 0.1) is 13.8 Å². The zero-order valence-corrected chi connectivity index (χ0v) is 14.2. The van der Waals surface area contributed by atoms with Gasteiger partial charge in [0, 0.05) is 11.4 Å². The van der Waals surface area contributed by atoms with Crippen LogP contribution in [0.25, 0.3) is 0 Å². The highest BCUT2D eigenvalue weighted by atomic mass is 35.5. The van der Waals surface area contributed by atoms with Crippen molar-refractivity contribution in [3.05, 3.63) is 58.7 Å². The number of hydrogen-bond donors (Lipinski definition) is 0. The zero-order valence-electron chi connectivity index (χ0n) is 13.5. The third-order valence-corrected chi connectivity index (χ3v) is 3.88. The lowest BCUT2D eigenvalue weighted by atomic mass is 9.86. The standard InChI is InChI=1S/C19H23ClO/c1-13-6-9-16(19(3,4)5)18(10-13)21-17-11-15(12-20)8-7-14(17)2/h6-11H,12H2,1-5H3. The molecule has 0 bridgehead atoms. The van der Waals surface area contributed by atoms with Gasteiger partial charge < -0.3 is 4.74 Å². The van der Waals surface area contributed by atoms with Gasteiger partial charge in [0.25, 0.3) is 0 Å². The molecular weight excluding hydrogens is 280 g/mol. The van der Waals surface area contributed by atoms with Crippen molar-refractivity contribution in [2.24, 2.45) is 0 Å². The number of ether oxygens (including phenoxy) is 1. The van der Waals surface area contributed by atoms with Gasteiger partial charge in [0.2, 0.25) is 0 Å². The molecule has 0 heterocycles. The number of benzene rings is 2. The van der Waals surface area contributed by atoms with Crippen LogP contribution >= 0.6 is 11.6 Å². The molecule has 0 unspecified atom stereocenters. The SMILES string of the molecule is Cc1ccc(C(C)(C)C)c(Oc2cc(CCl)ccc2C)c1. The molecule has 2 aromatic carbocycles. The van der Waals surface area contributed by atoms with Gasteiger partial charge in [-0.3, -0.25) is 0 Å². The van der Waals surface area contributed by atoms with Crippen molar-refractivity contribution in [2.75, 3.05) is 0 Å². The average Bonchev–Trinajstić information content (AvgIpc) is 2.40. The molecule has 21 heavy (non-hydrogen) atoms. The molecule has 0 saturated heterocycles. The number of aryl methyl sites for hydroxylation is 2. The Kier molecular flexibility index (Phi) is 4.63. The quantitative estimate of drug-likeness (QED) is 0.619. The Hall–Kier alpha value is -1.47. The first-order valence-corrected chi connectivity index (χ1v) is 7.79. The van der Waals surface area contributed by atoms with Crippen LogP contribution in [-0.2, 0) is 11.3 Å². The smallest absolute Gasteiger partial charge is 0.131 e. The lowest BCUT2D eigenvalue weighted by Crippen LogP contribution is -2.12. The summed E-state index contributed by atoms with van der Waals surface area (Å²) in [5.74, 6) is 2.30. The molecule has 0 N–H and O–H groups in total. The van der Waals surface area contributed by atoms with Crippen molar-refractivity contribution >= 4 is 11.6 Å². The summed E-state index contributed by atoms with van der Waals surface area (Å²) in [6.45, 7) is 10.7. The Balaban J connectivity index is 2.46. The van der Waals surface area contributed by atoms with Crippen LogP contribution < -0.4 is 4.74 Å². The monoisotopic (exact) mass is 302 g/mol. The summed E-state index contributed by atoms with van der Waals surface area (Å²) >= 11 is 5.93. The number of hydrogen-bond acceptors (Lipinski definition) is 1. The topological polar surface area (TPSA) is 9.23 Å². The molecule has 1 nitrogen and oxygen atoms in total. The second-order valence-corrected chi connectivity index (χ2v) is 6.85. The van der Waals surface area contributed by atoms with E-state index >= 15 is 0 Å². The molecule has 0 radical (unpaired) electrons. The highest BCUT2D eigenvalue weighted by Crippen LogP contribution is 2.36. The van der Waals surface area contributed by atoms with Crippen LogP contribution in [0.1, 0.15) is 43.0 Å². The Morgan fingerprint density at radius 2 is 1.67 bits per heavy atom. The van der Waals surface area contributed by atoms with Crippen LogP contribution in [0.4, 0.5) is 0 Å². The van der Waals surface area contributed by atoms with Crippen LogP contribution in [0.3, 0.4) is 0 Å². The number of alkyl halides is 1. The second-order valence-electron chi connectivity index (χ2n) is 6.59. The third kappa shape index (κ3) is 3.79. The van der Waals surface area contributed by atoms with Crippen LogP contribution in [0.5, 0.6) is 11.5 Å². The van der Waals surface area contributed by atoms with Crippen molar-refractivity contribution in [3.63, 3.8) is 0 Å². The largest absolute Gasteiger partial charge is 0.457 e. The minimum Gasteiger partial charge on any atom is -0.457 e. The van der Waals surface area contributed by atoms with Gasteiger partial charge in [-0.1, -0.05) is 45.0 Å². The fourth-order valence-corrected chi connectivity index (χ4v) is 2.46. The summed E-state index contributed by atoms with van der Waals surface area (Å²) < 4.78 is 6.23. The Labute approximate surface area is 132 Å². The molecule has 0 amide bonds. The molecule has 0 aliphatic rings. The Morgan fingerprint density at radius 3 is 2.29 bits per heavy atom.